The summed E-state index contributed by atoms with van der Waals surface area (Å²) in [4.78, 5) is 0. The lowest BCUT2D eigenvalue weighted by Gasteiger charge is -2.49. The van der Waals surface area contributed by atoms with Gasteiger partial charge in [0.2, 0.25) is 0 Å². The van der Waals surface area contributed by atoms with Crippen molar-refractivity contribution in [1.29, 1.82) is 0 Å². The third-order valence-corrected chi connectivity index (χ3v) is 11.4. The Balaban J connectivity index is 1.11. The highest BCUT2D eigenvalue weighted by molar-refractivity contribution is 5.18. The largest absolute Gasteiger partial charge is 0.385 e. The fourth-order valence-electron chi connectivity index (χ4n) is 8.05. The first-order chi connectivity index (χ1) is 32.1. The van der Waals surface area contributed by atoms with Gasteiger partial charge in [0.25, 0.3) is 0 Å². The molecule has 0 aliphatic carbocycles. The molecule has 0 bridgehead atoms. The molecular weight excluding hydrogens is 825 g/mol. The van der Waals surface area contributed by atoms with E-state index in [1.807, 2.05) is 182 Å². The second-order valence-corrected chi connectivity index (χ2v) is 16.2. The van der Waals surface area contributed by atoms with E-state index in [4.69, 9.17) is 42.6 Å². The van der Waals surface area contributed by atoms with Crippen molar-refractivity contribution in [3.63, 3.8) is 0 Å². The molecule has 11 heteroatoms. The summed E-state index contributed by atoms with van der Waals surface area (Å²) in [6, 6.07) is 58.7. The predicted molar refractivity (Wildman–Crippen MR) is 243 cm³/mol. The van der Waals surface area contributed by atoms with Crippen molar-refractivity contribution in [3.8, 4) is 0 Å². The first kappa shape index (κ1) is 46.4. The fraction of sp³-hybridized carbons (Fsp3) is 0.333. The van der Waals surface area contributed by atoms with Gasteiger partial charge in [-0.1, -0.05) is 182 Å². The zero-order valence-corrected chi connectivity index (χ0v) is 36.3. The van der Waals surface area contributed by atoms with Crippen LogP contribution in [0.3, 0.4) is 0 Å². The minimum atomic E-state index is -1.47. The molecule has 2 saturated heterocycles. The average molecular weight is 883 g/mol. The zero-order valence-electron chi connectivity index (χ0n) is 36.3. The van der Waals surface area contributed by atoms with Gasteiger partial charge in [-0.05, 0) is 33.4 Å². The topological polar surface area (TPSA) is 124 Å². The number of aliphatic hydroxyl groups is 2. The molecule has 6 aromatic rings. The van der Waals surface area contributed by atoms with Crippen LogP contribution < -0.4 is 0 Å². The molecule has 340 valence electrons. The van der Waals surface area contributed by atoms with Gasteiger partial charge in [0.05, 0.1) is 52.9 Å². The summed E-state index contributed by atoms with van der Waals surface area (Å²) in [5, 5.41) is 24.4. The van der Waals surface area contributed by atoms with Crippen molar-refractivity contribution < 1.29 is 52.8 Å². The maximum absolute atomic E-state index is 12.5. The first-order valence-corrected chi connectivity index (χ1v) is 22.3. The van der Waals surface area contributed by atoms with Gasteiger partial charge in [-0.15, -0.1) is 0 Å². The highest BCUT2D eigenvalue weighted by Crippen LogP contribution is 2.35. The minimum Gasteiger partial charge on any atom is -0.385 e. The second-order valence-electron chi connectivity index (χ2n) is 16.2. The maximum Gasteiger partial charge on any atom is 0.187 e. The minimum absolute atomic E-state index is 0.0545. The Morgan fingerprint density at radius 1 is 0.338 bits per heavy atom. The van der Waals surface area contributed by atoms with E-state index in [0.29, 0.717) is 13.2 Å². The number of hydrogen-bond donors (Lipinski definition) is 2. The summed E-state index contributed by atoms with van der Waals surface area (Å²) in [6.07, 6.45) is -10.6. The Morgan fingerprint density at radius 2 is 0.646 bits per heavy atom. The highest BCUT2D eigenvalue weighted by atomic mass is 16.7. The summed E-state index contributed by atoms with van der Waals surface area (Å²) in [6.45, 7) is 1.50. The van der Waals surface area contributed by atoms with Crippen LogP contribution in [0.4, 0.5) is 0 Å². The number of rotatable bonds is 22. The molecule has 6 aromatic carbocycles. The van der Waals surface area contributed by atoms with E-state index in [-0.39, 0.29) is 39.6 Å². The SMILES string of the molecule is O[C@@H]1[C@H](O[C@@H]2[C@@H](OCc3ccccc3)[C@@H](O)O[C@H](COCc3ccccc3)[C@H]2OCc2ccccc2)O[C@H](COCc2ccccc2)[C@@H](OCc2ccccc2)[C@@H]1OCc1ccccc1. The molecule has 65 heavy (non-hydrogen) atoms. The number of hydrogen-bond acceptors (Lipinski definition) is 11. The van der Waals surface area contributed by atoms with Crippen LogP contribution in [0.5, 0.6) is 0 Å². The van der Waals surface area contributed by atoms with E-state index in [1.165, 1.54) is 0 Å². The molecule has 8 rings (SSSR count). The summed E-state index contributed by atoms with van der Waals surface area (Å²) < 4.78 is 59.2. The quantitative estimate of drug-likeness (QED) is 0.0691. The van der Waals surface area contributed by atoms with Crippen molar-refractivity contribution in [3.05, 3.63) is 215 Å². The van der Waals surface area contributed by atoms with Crippen LogP contribution >= 0.6 is 0 Å². The van der Waals surface area contributed by atoms with Crippen molar-refractivity contribution in [2.75, 3.05) is 13.2 Å². The lowest BCUT2D eigenvalue weighted by atomic mass is 9.96. The van der Waals surface area contributed by atoms with Crippen molar-refractivity contribution in [2.45, 2.75) is 101 Å². The molecule has 0 radical (unpaired) electrons. The van der Waals surface area contributed by atoms with Crippen LogP contribution in [-0.4, -0.2) is 84.8 Å². The Morgan fingerprint density at radius 3 is 1.03 bits per heavy atom. The lowest BCUT2D eigenvalue weighted by molar-refractivity contribution is -0.371. The average Bonchev–Trinajstić information content (AvgIpc) is 3.35. The number of benzene rings is 6. The van der Waals surface area contributed by atoms with Gasteiger partial charge in [0, 0.05) is 0 Å². The van der Waals surface area contributed by atoms with E-state index in [9.17, 15) is 10.2 Å². The van der Waals surface area contributed by atoms with Crippen LogP contribution in [-0.2, 0) is 82.3 Å². The van der Waals surface area contributed by atoms with Crippen LogP contribution in [0.1, 0.15) is 33.4 Å². The Bertz CT molecular complexity index is 2210. The second kappa shape index (κ2) is 24.4. The van der Waals surface area contributed by atoms with Gasteiger partial charge in [-0.2, -0.15) is 0 Å². The predicted octanol–water partition coefficient (Wildman–Crippen LogP) is 7.95. The van der Waals surface area contributed by atoms with Gasteiger partial charge < -0.3 is 52.8 Å². The lowest BCUT2D eigenvalue weighted by Crippen LogP contribution is -2.66. The Labute approximate surface area is 381 Å². The van der Waals surface area contributed by atoms with Crippen LogP contribution in [0, 0.1) is 0 Å². The van der Waals surface area contributed by atoms with Gasteiger partial charge >= 0.3 is 0 Å². The van der Waals surface area contributed by atoms with Crippen LogP contribution in [0.15, 0.2) is 182 Å². The molecule has 2 aliphatic heterocycles. The van der Waals surface area contributed by atoms with Crippen LogP contribution in [0.25, 0.3) is 0 Å². The molecule has 2 aliphatic rings. The normalized spacial score (nSPS) is 25.6. The standard InChI is InChI=1S/C54H58O11/c55-47-50(61-35-43-27-15-5-16-28-43)48(59-33-41-23-11-3-12-24-41)46(38-58-32-40-21-9-2-10-22-40)64-54(47)65-51-49(60-34-42-25-13-4-14-26-42)45(37-57-31-39-19-7-1-8-20-39)63-53(56)52(51)62-36-44-29-17-6-18-30-44/h1-30,45-56H,31-38H2/t45-,46-,47+,48-,49-,50-,51+,52-,53+,54+/m1/s1. The monoisotopic (exact) mass is 882 g/mol. The van der Waals surface area contributed by atoms with Gasteiger partial charge in [0.1, 0.15) is 48.8 Å². The molecule has 0 spiro atoms. The number of ether oxygens (including phenoxy) is 9. The summed E-state index contributed by atoms with van der Waals surface area (Å²) in [7, 11) is 0. The summed E-state index contributed by atoms with van der Waals surface area (Å²) in [5.41, 5.74) is 5.62. The van der Waals surface area contributed by atoms with E-state index >= 15 is 0 Å². The van der Waals surface area contributed by atoms with Crippen molar-refractivity contribution in [2.24, 2.45) is 0 Å². The van der Waals surface area contributed by atoms with E-state index in [2.05, 4.69) is 0 Å². The Hall–Kier alpha value is -5.12. The van der Waals surface area contributed by atoms with Crippen LogP contribution in [0.2, 0.25) is 0 Å². The molecule has 0 unspecified atom stereocenters. The molecule has 11 nitrogen and oxygen atoms in total. The van der Waals surface area contributed by atoms with Gasteiger partial charge in [-0.25, -0.2) is 0 Å². The zero-order chi connectivity index (χ0) is 44.5. The van der Waals surface area contributed by atoms with E-state index in [0.717, 1.165) is 33.4 Å². The smallest absolute Gasteiger partial charge is 0.187 e. The first-order valence-electron chi connectivity index (χ1n) is 22.3. The third-order valence-electron chi connectivity index (χ3n) is 11.4. The fourth-order valence-corrected chi connectivity index (χ4v) is 8.05. The van der Waals surface area contributed by atoms with Gasteiger partial charge in [-0.3, -0.25) is 0 Å². The highest BCUT2D eigenvalue weighted by Gasteiger charge is 2.53. The number of aliphatic hydroxyl groups excluding tert-OH is 2. The van der Waals surface area contributed by atoms with E-state index < -0.39 is 61.4 Å². The molecule has 2 fully saturated rings. The van der Waals surface area contributed by atoms with E-state index in [1.54, 1.807) is 0 Å². The van der Waals surface area contributed by atoms with Gasteiger partial charge in [0.15, 0.2) is 12.6 Å². The van der Waals surface area contributed by atoms with Crippen molar-refractivity contribution >= 4 is 0 Å². The molecule has 2 N–H and O–H groups in total. The molecule has 0 amide bonds. The Kier molecular flexibility index (Phi) is 17.4. The molecule has 2 heterocycles. The molecule has 10 atom stereocenters. The summed E-state index contributed by atoms with van der Waals surface area (Å²) >= 11 is 0. The molecular formula is C54H58O11. The molecule has 0 aromatic heterocycles. The van der Waals surface area contributed by atoms with Crippen molar-refractivity contribution in [1.82, 2.24) is 0 Å². The maximum atomic E-state index is 12.5. The summed E-state index contributed by atoms with van der Waals surface area (Å²) in [5.74, 6) is 0. The third kappa shape index (κ3) is 13.5. The molecule has 0 saturated carbocycles.